The van der Waals surface area contributed by atoms with Gasteiger partial charge in [-0.3, -0.25) is 4.79 Å². The molecule has 0 spiro atoms. The van der Waals surface area contributed by atoms with Crippen LogP contribution in [-0.2, 0) is 6.54 Å². The summed E-state index contributed by atoms with van der Waals surface area (Å²) >= 11 is 0. The smallest absolute Gasteiger partial charge is 0.255 e. The van der Waals surface area contributed by atoms with Gasteiger partial charge in [-0.2, -0.15) is 5.10 Å². The van der Waals surface area contributed by atoms with Crippen molar-refractivity contribution in [2.75, 3.05) is 6.54 Å². The number of hydrogen-bond donors (Lipinski definition) is 0. The fraction of sp³-hybridized carbons (Fsp3) is 0.435. The second-order valence-corrected chi connectivity index (χ2v) is 8.18. The van der Waals surface area contributed by atoms with Gasteiger partial charge in [0.25, 0.3) is 5.91 Å². The van der Waals surface area contributed by atoms with Crippen molar-refractivity contribution < 1.29 is 4.79 Å². The lowest BCUT2D eigenvalue weighted by atomic mass is 9.95. The zero-order valence-electron chi connectivity index (χ0n) is 16.1. The van der Waals surface area contributed by atoms with E-state index in [1.807, 2.05) is 35.1 Å². The van der Waals surface area contributed by atoms with Gasteiger partial charge in [0.2, 0.25) is 0 Å². The van der Waals surface area contributed by atoms with Gasteiger partial charge in [-0.25, -0.2) is 9.67 Å². The van der Waals surface area contributed by atoms with Gasteiger partial charge < -0.3 is 4.90 Å². The molecule has 5 heteroatoms. The maximum absolute atomic E-state index is 13.2. The summed E-state index contributed by atoms with van der Waals surface area (Å²) in [5.74, 6) is 0.830. The summed E-state index contributed by atoms with van der Waals surface area (Å²) in [5, 5.41) is 5.42. The second kappa shape index (κ2) is 7.38. The van der Waals surface area contributed by atoms with Crippen LogP contribution in [0.15, 0.2) is 48.8 Å². The molecule has 2 aromatic heterocycles. The number of amides is 1. The van der Waals surface area contributed by atoms with Crippen LogP contribution in [0.3, 0.4) is 0 Å². The van der Waals surface area contributed by atoms with Crippen LogP contribution >= 0.6 is 0 Å². The average Bonchev–Trinajstić information content (AvgIpc) is 3.48. The van der Waals surface area contributed by atoms with E-state index in [1.54, 1.807) is 6.20 Å². The molecule has 1 saturated heterocycles. The van der Waals surface area contributed by atoms with E-state index in [4.69, 9.17) is 0 Å². The monoisotopic (exact) mass is 374 g/mol. The Morgan fingerprint density at radius 3 is 2.68 bits per heavy atom. The summed E-state index contributed by atoms with van der Waals surface area (Å²) in [5.41, 5.74) is 2.71. The Kier molecular flexibility index (Phi) is 4.59. The molecule has 144 valence electrons. The molecule has 1 aliphatic carbocycles. The molecule has 1 aliphatic heterocycles. The summed E-state index contributed by atoms with van der Waals surface area (Å²) in [6.07, 6.45) is 11.0. The van der Waals surface area contributed by atoms with Crippen molar-refractivity contribution in [1.82, 2.24) is 19.7 Å². The SMILES string of the molecule is O=C(c1cnc2c(cnn2Cc2ccccc2)c1)N1CCCC1C1CCCC1. The Hall–Kier alpha value is -2.69. The first-order valence-corrected chi connectivity index (χ1v) is 10.5. The van der Waals surface area contributed by atoms with Gasteiger partial charge in [0.05, 0.1) is 18.3 Å². The highest BCUT2D eigenvalue weighted by Gasteiger charge is 2.36. The lowest BCUT2D eigenvalue weighted by molar-refractivity contribution is 0.0689. The molecular formula is C23H26N4O. The minimum absolute atomic E-state index is 0.139. The number of nitrogens with zero attached hydrogens (tertiary/aromatic N) is 4. The molecule has 0 N–H and O–H groups in total. The van der Waals surface area contributed by atoms with Crippen molar-refractivity contribution in [3.05, 3.63) is 59.9 Å². The van der Waals surface area contributed by atoms with Gasteiger partial charge in [0.1, 0.15) is 0 Å². The van der Waals surface area contributed by atoms with E-state index >= 15 is 0 Å². The third kappa shape index (κ3) is 3.19. The average molecular weight is 374 g/mol. The van der Waals surface area contributed by atoms with Crippen molar-refractivity contribution in [3.8, 4) is 0 Å². The number of carbonyl (C=O) groups is 1. The Morgan fingerprint density at radius 2 is 1.86 bits per heavy atom. The zero-order chi connectivity index (χ0) is 18.9. The molecule has 2 fully saturated rings. The number of aromatic nitrogens is 3. The maximum Gasteiger partial charge on any atom is 0.255 e. The largest absolute Gasteiger partial charge is 0.335 e. The van der Waals surface area contributed by atoms with E-state index in [9.17, 15) is 4.79 Å². The molecule has 1 atom stereocenters. The maximum atomic E-state index is 13.2. The predicted octanol–water partition coefficient (Wildman–Crippen LogP) is 4.27. The number of pyridine rings is 1. The van der Waals surface area contributed by atoms with Crippen molar-refractivity contribution in [2.45, 2.75) is 51.1 Å². The first-order valence-electron chi connectivity index (χ1n) is 10.5. The van der Waals surface area contributed by atoms with E-state index in [-0.39, 0.29) is 5.91 Å². The second-order valence-electron chi connectivity index (χ2n) is 8.18. The number of likely N-dealkylation sites (tertiary alicyclic amines) is 1. The minimum atomic E-state index is 0.139. The summed E-state index contributed by atoms with van der Waals surface area (Å²) in [6, 6.07) is 12.6. The Bertz CT molecular complexity index is 975. The standard InChI is InChI=1S/C23H26N4O/c28-23(26-12-6-11-21(26)18-9-4-5-10-18)20-13-19-15-25-27(22(19)24-14-20)16-17-7-2-1-3-8-17/h1-3,7-8,13-15,18,21H,4-6,9-12,16H2. The van der Waals surface area contributed by atoms with Crippen LogP contribution in [0.1, 0.15) is 54.4 Å². The molecule has 1 saturated carbocycles. The molecule has 5 rings (SSSR count). The van der Waals surface area contributed by atoms with E-state index < -0.39 is 0 Å². The lowest BCUT2D eigenvalue weighted by Gasteiger charge is -2.29. The third-order valence-corrected chi connectivity index (χ3v) is 6.40. The summed E-state index contributed by atoms with van der Waals surface area (Å²) < 4.78 is 1.90. The van der Waals surface area contributed by atoms with Crippen molar-refractivity contribution in [2.24, 2.45) is 5.92 Å². The molecule has 0 radical (unpaired) electrons. The summed E-state index contributed by atoms with van der Waals surface area (Å²) in [4.78, 5) is 19.9. The lowest BCUT2D eigenvalue weighted by Crippen LogP contribution is -2.39. The molecule has 1 unspecified atom stereocenters. The Morgan fingerprint density at radius 1 is 1.04 bits per heavy atom. The first-order chi connectivity index (χ1) is 13.8. The molecule has 3 aromatic rings. The highest BCUT2D eigenvalue weighted by Crippen LogP contribution is 2.36. The molecule has 0 bridgehead atoms. The van der Waals surface area contributed by atoms with E-state index in [0.29, 0.717) is 24.1 Å². The fourth-order valence-electron chi connectivity index (χ4n) is 5.00. The fourth-order valence-corrected chi connectivity index (χ4v) is 5.00. The van der Waals surface area contributed by atoms with Crippen molar-refractivity contribution in [1.29, 1.82) is 0 Å². The van der Waals surface area contributed by atoms with Gasteiger partial charge >= 0.3 is 0 Å². The van der Waals surface area contributed by atoms with Gasteiger partial charge in [-0.15, -0.1) is 0 Å². The highest BCUT2D eigenvalue weighted by atomic mass is 16.2. The quantitative estimate of drug-likeness (QED) is 0.685. The van der Waals surface area contributed by atoms with Gasteiger partial charge in [0.15, 0.2) is 5.65 Å². The highest BCUT2D eigenvalue weighted by molar-refractivity contribution is 5.97. The molecule has 1 aromatic carbocycles. The number of rotatable bonds is 4. The van der Waals surface area contributed by atoms with E-state index in [1.165, 1.54) is 31.2 Å². The van der Waals surface area contributed by atoms with Gasteiger partial charge in [-0.05, 0) is 43.2 Å². The first kappa shape index (κ1) is 17.4. The molecule has 5 nitrogen and oxygen atoms in total. The number of hydrogen-bond acceptors (Lipinski definition) is 3. The van der Waals surface area contributed by atoms with Gasteiger partial charge in [-0.1, -0.05) is 43.2 Å². The predicted molar refractivity (Wildman–Crippen MR) is 109 cm³/mol. The topological polar surface area (TPSA) is 51.0 Å². The molecule has 28 heavy (non-hydrogen) atoms. The van der Waals surface area contributed by atoms with Crippen LogP contribution < -0.4 is 0 Å². The third-order valence-electron chi connectivity index (χ3n) is 6.40. The number of carbonyl (C=O) groups excluding carboxylic acids is 1. The van der Waals surface area contributed by atoms with Crippen LogP contribution in [0, 0.1) is 5.92 Å². The van der Waals surface area contributed by atoms with Crippen molar-refractivity contribution >= 4 is 16.9 Å². The van der Waals surface area contributed by atoms with E-state index in [0.717, 1.165) is 30.4 Å². The van der Waals surface area contributed by atoms with Crippen LogP contribution in [0.25, 0.3) is 11.0 Å². The van der Waals surface area contributed by atoms with Gasteiger partial charge in [0, 0.05) is 24.2 Å². The van der Waals surface area contributed by atoms with Crippen molar-refractivity contribution in [3.63, 3.8) is 0 Å². The number of fused-ring (bicyclic) bond motifs is 1. The molecular weight excluding hydrogens is 348 g/mol. The summed E-state index contributed by atoms with van der Waals surface area (Å²) in [6.45, 7) is 1.56. The van der Waals surface area contributed by atoms with E-state index in [2.05, 4.69) is 27.1 Å². The zero-order valence-corrected chi connectivity index (χ0v) is 16.1. The Labute approximate surface area is 165 Å². The van der Waals surface area contributed by atoms with Crippen LogP contribution in [-0.4, -0.2) is 38.2 Å². The molecule has 3 heterocycles. The van der Waals surface area contributed by atoms with Crippen LogP contribution in [0.5, 0.6) is 0 Å². The summed E-state index contributed by atoms with van der Waals surface area (Å²) in [7, 11) is 0. The van der Waals surface area contributed by atoms with Crippen LogP contribution in [0.4, 0.5) is 0 Å². The Balaban J connectivity index is 1.38. The molecule has 2 aliphatic rings. The minimum Gasteiger partial charge on any atom is -0.335 e. The van der Waals surface area contributed by atoms with Crippen LogP contribution in [0.2, 0.25) is 0 Å². The normalized spacial score (nSPS) is 20.3. The number of benzene rings is 1. The molecule has 1 amide bonds.